The van der Waals surface area contributed by atoms with Crippen LogP contribution in [0.15, 0.2) is 17.0 Å². The minimum Gasteiger partial charge on any atom is -0.481 e. The SMILES string of the molecule is CSc1c(C2(C(=O)O)CCCC2)ccc2c1OCO2. The zero-order valence-corrected chi connectivity index (χ0v) is 11.6. The summed E-state index contributed by atoms with van der Waals surface area (Å²) in [6.45, 7) is 0.215. The Morgan fingerprint density at radius 3 is 2.68 bits per heavy atom. The number of ether oxygens (including phenoxy) is 2. The van der Waals surface area contributed by atoms with Crippen LogP contribution in [0.2, 0.25) is 0 Å². The predicted molar refractivity (Wildman–Crippen MR) is 72.1 cm³/mol. The number of hydrogen-bond acceptors (Lipinski definition) is 4. The number of carboxylic acid groups (broad SMARTS) is 1. The van der Waals surface area contributed by atoms with Gasteiger partial charge in [0.2, 0.25) is 6.79 Å². The van der Waals surface area contributed by atoms with E-state index in [2.05, 4.69) is 0 Å². The van der Waals surface area contributed by atoms with Crippen molar-refractivity contribution < 1.29 is 19.4 Å². The molecule has 102 valence electrons. The zero-order chi connectivity index (χ0) is 13.5. The molecule has 2 aliphatic rings. The van der Waals surface area contributed by atoms with Gasteiger partial charge in [-0.3, -0.25) is 4.79 Å². The van der Waals surface area contributed by atoms with Crippen LogP contribution in [-0.2, 0) is 10.2 Å². The lowest BCUT2D eigenvalue weighted by molar-refractivity contribution is -0.143. The fraction of sp³-hybridized carbons (Fsp3) is 0.500. The third kappa shape index (κ3) is 1.79. The van der Waals surface area contributed by atoms with Gasteiger partial charge in [-0.15, -0.1) is 11.8 Å². The maximum absolute atomic E-state index is 11.8. The first-order chi connectivity index (χ1) is 9.19. The second-order valence-electron chi connectivity index (χ2n) is 4.97. The summed E-state index contributed by atoms with van der Waals surface area (Å²) in [5.74, 6) is 0.698. The lowest BCUT2D eigenvalue weighted by Gasteiger charge is -2.27. The van der Waals surface area contributed by atoms with E-state index in [1.54, 1.807) is 0 Å². The molecule has 0 radical (unpaired) electrons. The molecule has 1 aromatic carbocycles. The van der Waals surface area contributed by atoms with Crippen molar-refractivity contribution in [1.29, 1.82) is 0 Å². The van der Waals surface area contributed by atoms with E-state index in [1.807, 2.05) is 18.4 Å². The Hall–Kier alpha value is -1.36. The summed E-state index contributed by atoms with van der Waals surface area (Å²) in [6, 6.07) is 3.74. The monoisotopic (exact) mass is 280 g/mol. The Morgan fingerprint density at radius 2 is 2.05 bits per heavy atom. The van der Waals surface area contributed by atoms with Gasteiger partial charge < -0.3 is 14.6 Å². The number of fused-ring (bicyclic) bond motifs is 1. The molecule has 0 atom stereocenters. The van der Waals surface area contributed by atoms with Crippen molar-refractivity contribution in [2.24, 2.45) is 0 Å². The third-order valence-corrected chi connectivity index (χ3v) is 4.89. The van der Waals surface area contributed by atoms with Crippen LogP contribution < -0.4 is 9.47 Å². The molecule has 1 aliphatic heterocycles. The van der Waals surface area contributed by atoms with Crippen LogP contribution in [0.25, 0.3) is 0 Å². The average Bonchev–Trinajstić information content (AvgIpc) is 3.06. The molecular formula is C14H16O4S. The molecule has 0 unspecified atom stereocenters. The minimum absolute atomic E-state index is 0.215. The molecule has 1 aromatic rings. The van der Waals surface area contributed by atoms with E-state index in [0.29, 0.717) is 24.3 Å². The second-order valence-corrected chi connectivity index (χ2v) is 5.79. The summed E-state index contributed by atoms with van der Waals surface area (Å²) in [5, 5.41) is 9.70. The first-order valence-corrected chi connectivity index (χ1v) is 7.62. The molecule has 1 aliphatic carbocycles. The summed E-state index contributed by atoms with van der Waals surface area (Å²) in [4.78, 5) is 12.7. The zero-order valence-electron chi connectivity index (χ0n) is 10.8. The normalized spacial score (nSPS) is 19.6. The highest BCUT2D eigenvalue weighted by Crippen LogP contribution is 2.50. The van der Waals surface area contributed by atoms with Gasteiger partial charge in [-0.2, -0.15) is 0 Å². The summed E-state index contributed by atoms with van der Waals surface area (Å²) in [6.07, 6.45) is 5.29. The molecule has 1 saturated carbocycles. The number of aliphatic carboxylic acids is 1. The summed E-state index contributed by atoms with van der Waals surface area (Å²) >= 11 is 1.54. The fourth-order valence-electron chi connectivity index (χ4n) is 3.10. The molecule has 0 saturated heterocycles. The third-order valence-electron chi connectivity index (χ3n) is 4.08. The number of benzene rings is 1. The van der Waals surface area contributed by atoms with E-state index in [0.717, 1.165) is 23.3 Å². The van der Waals surface area contributed by atoms with E-state index in [1.165, 1.54) is 11.8 Å². The summed E-state index contributed by atoms with van der Waals surface area (Å²) in [7, 11) is 0. The van der Waals surface area contributed by atoms with Gasteiger partial charge in [-0.25, -0.2) is 0 Å². The van der Waals surface area contributed by atoms with Crippen LogP contribution in [0.1, 0.15) is 31.2 Å². The van der Waals surface area contributed by atoms with Crippen molar-refractivity contribution in [3.63, 3.8) is 0 Å². The Kier molecular flexibility index (Phi) is 3.09. The molecule has 19 heavy (non-hydrogen) atoms. The minimum atomic E-state index is -0.751. The van der Waals surface area contributed by atoms with E-state index < -0.39 is 11.4 Å². The van der Waals surface area contributed by atoms with Crippen LogP contribution in [0.4, 0.5) is 0 Å². The highest BCUT2D eigenvalue weighted by molar-refractivity contribution is 7.98. The smallest absolute Gasteiger partial charge is 0.314 e. The van der Waals surface area contributed by atoms with Crippen molar-refractivity contribution in [2.45, 2.75) is 36.0 Å². The van der Waals surface area contributed by atoms with E-state index >= 15 is 0 Å². The van der Waals surface area contributed by atoms with Crippen molar-refractivity contribution in [2.75, 3.05) is 13.0 Å². The first-order valence-electron chi connectivity index (χ1n) is 6.39. The number of thioether (sulfide) groups is 1. The van der Waals surface area contributed by atoms with Gasteiger partial charge >= 0.3 is 5.97 Å². The van der Waals surface area contributed by atoms with Gasteiger partial charge in [-0.05, 0) is 30.7 Å². The van der Waals surface area contributed by atoms with Crippen molar-refractivity contribution in [1.82, 2.24) is 0 Å². The first kappa shape index (κ1) is 12.7. The van der Waals surface area contributed by atoms with Crippen LogP contribution in [0.5, 0.6) is 11.5 Å². The van der Waals surface area contributed by atoms with Gasteiger partial charge in [0.25, 0.3) is 0 Å². The Balaban J connectivity index is 2.17. The van der Waals surface area contributed by atoms with Gasteiger partial charge in [0.05, 0.1) is 10.3 Å². The van der Waals surface area contributed by atoms with Crippen LogP contribution in [0, 0.1) is 0 Å². The molecule has 3 rings (SSSR count). The molecular weight excluding hydrogens is 264 g/mol. The standard InChI is InChI=1S/C14H16O4S/c1-19-12-9(4-5-10-11(12)18-8-17-10)14(13(15)16)6-2-3-7-14/h4-5H,2-3,6-8H2,1H3,(H,15,16). The van der Waals surface area contributed by atoms with E-state index in [4.69, 9.17) is 9.47 Å². The van der Waals surface area contributed by atoms with Gasteiger partial charge in [0.1, 0.15) is 0 Å². The topological polar surface area (TPSA) is 55.8 Å². The van der Waals surface area contributed by atoms with E-state index in [-0.39, 0.29) is 6.79 Å². The lowest BCUT2D eigenvalue weighted by atomic mass is 9.79. The maximum atomic E-state index is 11.8. The van der Waals surface area contributed by atoms with Crippen molar-refractivity contribution >= 4 is 17.7 Å². The Morgan fingerprint density at radius 1 is 1.32 bits per heavy atom. The Labute approximate surface area is 116 Å². The molecule has 0 spiro atoms. The van der Waals surface area contributed by atoms with Gasteiger partial charge in [-0.1, -0.05) is 18.9 Å². The molecule has 0 amide bonds. The summed E-state index contributed by atoms with van der Waals surface area (Å²) < 4.78 is 10.9. The summed E-state index contributed by atoms with van der Waals surface area (Å²) in [5.41, 5.74) is 0.133. The highest BCUT2D eigenvalue weighted by Gasteiger charge is 2.45. The fourth-order valence-corrected chi connectivity index (χ4v) is 3.93. The van der Waals surface area contributed by atoms with Crippen molar-refractivity contribution in [3.8, 4) is 11.5 Å². The lowest BCUT2D eigenvalue weighted by Crippen LogP contribution is -2.33. The largest absolute Gasteiger partial charge is 0.481 e. The number of hydrogen-bond donors (Lipinski definition) is 1. The number of carboxylic acids is 1. The molecule has 1 N–H and O–H groups in total. The molecule has 4 nitrogen and oxygen atoms in total. The molecule has 0 aromatic heterocycles. The van der Waals surface area contributed by atoms with Gasteiger partial charge in [0, 0.05) is 0 Å². The number of rotatable bonds is 3. The van der Waals surface area contributed by atoms with E-state index in [9.17, 15) is 9.90 Å². The van der Waals surface area contributed by atoms with Gasteiger partial charge in [0.15, 0.2) is 11.5 Å². The van der Waals surface area contributed by atoms with Crippen LogP contribution in [0.3, 0.4) is 0 Å². The maximum Gasteiger partial charge on any atom is 0.314 e. The predicted octanol–water partition coefficient (Wildman–Crippen LogP) is 3.03. The van der Waals surface area contributed by atoms with Crippen LogP contribution in [-0.4, -0.2) is 24.1 Å². The van der Waals surface area contributed by atoms with Crippen LogP contribution >= 0.6 is 11.8 Å². The molecule has 1 heterocycles. The quantitative estimate of drug-likeness (QED) is 0.862. The van der Waals surface area contributed by atoms with Crippen molar-refractivity contribution in [3.05, 3.63) is 17.7 Å². The number of carbonyl (C=O) groups is 1. The molecule has 5 heteroatoms. The second kappa shape index (κ2) is 4.63. The Bertz CT molecular complexity index is 520. The molecule has 0 bridgehead atoms. The average molecular weight is 280 g/mol. The highest BCUT2D eigenvalue weighted by atomic mass is 32.2. The molecule has 1 fully saturated rings.